The van der Waals surface area contributed by atoms with E-state index in [1.165, 1.54) is 25.3 Å². The predicted octanol–water partition coefficient (Wildman–Crippen LogP) is 2.38. The van der Waals surface area contributed by atoms with E-state index < -0.39 is 6.61 Å². The number of benzene rings is 1. The Morgan fingerprint density at radius 1 is 1.27 bits per heavy atom. The maximum Gasteiger partial charge on any atom is 0.387 e. The molecule has 1 saturated heterocycles. The van der Waals surface area contributed by atoms with Crippen LogP contribution in [0.1, 0.15) is 24.2 Å². The summed E-state index contributed by atoms with van der Waals surface area (Å²) in [5.41, 5.74) is 0.327. The van der Waals surface area contributed by atoms with Gasteiger partial charge in [-0.3, -0.25) is 9.69 Å². The van der Waals surface area contributed by atoms with Crippen LogP contribution in [0.3, 0.4) is 0 Å². The summed E-state index contributed by atoms with van der Waals surface area (Å²) in [4.78, 5) is 14.8. The van der Waals surface area contributed by atoms with E-state index in [0.717, 1.165) is 13.1 Å². The number of ether oxygens (including phenoxy) is 3. The smallest absolute Gasteiger partial charge is 0.387 e. The van der Waals surface area contributed by atoms with Crippen molar-refractivity contribution in [3.63, 3.8) is 0 Å². The van der Waals surface area contributed by atoms with E-state index in [4.69, 9.17) is 9.47 Å². The lowest BCUT2D eigenvalue weighted by Gasteiger charge is -2.36. The van der Waals surface area contributed by atoms with Gasteiger partial charge in [-0.25, -0.2) is 0 Å². The molecule has 1 N–H and O–H groups in total. The zero-order chi connectivity index (χ0) is 19.1. The van der Waals surface area contributed by atoms with Crippen molar-refractivity contribution in [3.05, 3.63) is 23.8 Å². The van der Waals surface area contributed by atoms with Gasteiger partial charge >= 0.3 is 6.61 Å². The Morgan fingerprint density at radius 2 is 1.96 bits per heavy atom. The number of methoxy groups -OCH3 is 1. The first-order valence-electron chi connectivity index (χ1n) is 8.65. The summed E-state index contributed by atoms with van der Waals surface area (Å²) < 4.78 is 39.6. The van der Waals surface area contributed by atoms with Crippen LogP contribution >= 0.6 is 0 Å². The number of amides is 1. The van der Waals surface area contributed by atoms with Gasteiger partial charge in [0, 0.05) is 31.2 Å². The molecule has 0 aromatic heterocycles. The van der Waals surface area contributed by atoms with Gasteiger partial charge in [0.05, 0.1) is 20.3 Å². The molecule has 0 saturated carbocycles. The largest absolute Gasteiger partial charge is 0.493 e. The highest BCUT2D eigenvalue weighted by atomic mass is 19.3. The van der Waals surface area contributed by atoms with E-state index in [9.17, 15) is 13.6 Å². The van der Waals surface area contributed by atoms with Gasteiger partial charge in [0.2, 0.25) is 0 Å². The Balaban J connectivity index is 2.01. The zero-order valence-electron chi connectivity index (χ0n) is 15.3. The molecule has 8 heteroatoms. The van der Waals surface area contributed by atoms with Gasteiger partial charge in [0.25, 0.3) is 5.91 Å². The van der Waals surface area contributed by atoms with Gasteiger partial charge in [0.1, 0.15) is 0 Å². The van der Waals surface area contributed by atoms with Crippen LogP contribution < -0.4 is 14.8 Å². The van der Waals surface area contributed by atoms with Crippen molar-refractivity contribution in [1.82, 2.24) is 10.2 Å². The number of nitrogens with one attached hydrogen (secondary N) is 1. The van der Waals surface area contributed by atoms with E-state index in [-0.39, 0.29) is 23.4 Å². The minimum atomic E-state index is -2.95. The second-order valence-corrected chi connectivity index (χ2v) is 6.41. The molecule has 26 heavy (non-hydrogen) atoms. The fourth-order valence-corrected chi connectivity index (χ4v) is 3.00. The molecule has 1 aromatic rings. The number of hydrogen-bond acceptors (Lipinski definition) is 5. The highest BCUT2D eigenvalue weighted by Gasteiger charge is 2.24. The summed E-state index contributed by atoms with van der Waals surface area (Å²) in [6.07, 6.45) is 0. The quantitative estimate of drug-likeness (QED) is 0.759. The zero-order valence-corrected chi connectivity index (χ0v) is 15.3. The summed E-state index contributed by atoms with van der Waals surface area (Å²) in [5.74, 6) is 0.0644. The minimum absolute atomic E-state index is 0.0894. The Hall–Kier alpha value is -1.93. The van der Waals surface area contributed by atoms with Crippen molar-refractivity contribution in [1.29, 1.82) is 0 Å². The third kappa shape index (κ3) is 5.54. The molecule has 1 aliphatic heterocycles. The fourth-order valence-electron chi connectivity index (χ4n) is 3.00. The molecule has 2 rings (SSSR count). The number of alkyl halides is 2. The molecule has 0 spiro atoms. The molecule has 6 nitrogen and oxygen atoms in total. The average Bonchev–Trinajstić information content (AvgIpc) is 2.62. The molecule has 0 radical (unpaired) electrons. The lowest BCUT2D eigenvalue weighted by molar-refractivity contribution is -0.0512. The number of morpholine rings is 1. The molecule has 146 valence electrons. The van der Waals surface area contributed by atoms with Crippen LogP contribution in [0, 0.1) is 5.92 Å². The Morgan fingerprint density at radius 3 is 2.54 bits per heavy atom. The molecular formula is C18H26F2N2O4. The molecule has 0 aliphatic carbocycles. The molecule has 1 fully saturated rings. The summed E-state index contributed by atoms with van der Waals surface area (Å²) >= 11 is 0. The Labute approximate surface area is 152 Å². The number of halogens is 2. The minimum Gasteiger partial charge on any atom is -0.493 e. The van der Waals surface area contributed by atoms with Gasteiger partial charge in [0.15, 0.2) is 11.5 Å². The molecule has 0 bridgehead atoms. The third-order valence-corrected chi connectivity index (χ3v) is 4.40. The van der Waals surface area contributed by atoms with Crippen molar-refractivity contribution in [2.24, 2.45) is 5.92 Å². The van der Waals surface area contributed by atoms with Gasteiger partial charge in [-0.1, -0.05) is 13.8 Å². The Bertz CT molecular complexity index is 593. The summed E-state index contributed by atoms with van der Waals surface area (Å²) in [7, 11) is 1.34. The van der Waals surface area contributed by atoms with E-state index >= 15 is 0 Å². The monoisotopic (exact) mass is 372 g/mol. The first-order valence-corrected chi connectivity index (χ1v) is 8.65. The van der Waals surface area contributed by atoms with Crippen LogP contribution in [0.2, 0.25) is 0 Å². The second kappa shape index (κ2) is 9.68. The Kier molecular flexibility index (Phi) is 7.59. The predicted molar refractivity (Wildman–Crippen MR) is 93.0 cm³/mol. The van der Waals surface area contributed by atoms with Crippen molar-refractivity contribution < 1.29 is 27.8 Å². The standard InChI is InChI=1S/C18H26F2N2O4/c1-12(2)14(22-6-8-25-9-7-22)11-21-17(23)13-4-5-15(26-18(19)20)16(10-13)24-3/h4-5,10,12,14,18H,6-9,11H2,1-3H3,(H,21,23)/t14-/m0/s1. The molecule has 0 unspecified atom stereocenters. The van der Waals surface area contributed by atoms with Gasteiger partial charge in [-0.2, -0.15) is 8.78 Å². The van der Waals surface area contributed by atoms with E-state index in [1.807, 2.05) is 0 Å². The van der Waals surface area contributed by atoms with Crippen molar-refractivity contribution in [2.75, 3.05) is 40.0 Å². The van der Waals surface area contributed by atoms with Gasteiger partial charge in [-0.15, -0.1) is 0 Å². The lowest BCUT2D eigenvalue weighted by Crippen LogP contribution is -2.51. The maximum absolute atomic E-state index is 12.5. The maximum atomic E-state index is 12.5. The van der Waals surface area contributed by atoms with Crippen molar-refractivity contribution >= 4 is 5.91 Å². The number of carbonyl (C=O) groups excluding carboxylic acids is 1. The molecular weight excluding hydrogens is 346 g/mol. The summed E-state index contributed by atoms with van der Waals surface area (Å²) in [6.45, 7) is 4.84. The van der Waals surface area contributed by atoms with Gasteiger partial charge < -0.3 is 19.5 Å². The van der Waals surface area contributed by atoms with Crippen molar-refractivity contribution in [3.8, 4) is 11.5 Å². The molecule has 1 amide bonds. The number of carbonyl (C=O) groups is 1. The molecule has 1 atom stereocenters. The van der Waals surface area contributed by atoms with Crippen LogP contribution in [0.15, 0.2) is 18.2 Å². The van der Waals surface area contributed by atoms with Crippen LogP contribution in [0.5, 0.6) is 11.5 Å². The van der Waals surface area contributed by atoms with Crippen molar-refractivity contribution in [2.45, 2.75) is 26.5 Å². The topological polar surface area (TPSA) is 60.0 Å². The molecule has 1 heterocycles. The SMILES string of the molecule is COc1cc(C(=O)NC[C@@H](C(C)C)N2CCOCC2)ccc1OC(F)F. The second-order valence-electron chi connectivity index (χ2n) is 6.41. The first-order chi connectivity index (χ1) is 12.4. The molecule has 1 aromatic carbocycles. The first kappa shape index (κ1) is 20.4. The van der Waals surface area contributed by atoms with Crippen LogP contribution in [0.25, 0.3) is 0 Å². The highest BCUT2D eigenvalue weighted by Crippen LogP contribution is 2.29. The van der Waals surface area contributed by atoms with Crippen LogP contribution in [-0.4, -0.2) is 63.4 Å². The molecule has 1 aliphatic rings. The number of nitrogens with zero attached hydrogens (tertiary/aromatic N) is 1. The normalized spacial score (nSPS) is 16.6. The lowest BCUT2D eigenvalue weighted by atomic mass is 10.0. The number of hydrogen-bond donors (Lipinski definition) is 1. The number of rotatable bonds is 8. The van der Waals surface area contributed by atoms with E-state index in [1.54, 1.807) is 0 Å². The van der Waals surface area contributed by atoms with Crippen LogP contribution in [-0.2, 0) is 4.74 Å². The average molecular weight is 372 g/mol. The van der Waals surface area contributed by atoms with E-state index in [0.29, 0.717) is 31.2 Å². The highest BCUT2D eigenvalue weighted by molar-refractivity contribution is 5.94. The summed E-state index contributed by atoms with van der Waals surface area (Å²) in [5, 5.41) is 2.92. The van der Waals surface area contributed by atoms with Gasteiger partial charge in [-0.05, 0) is 24.1 Å². The van der Waals surface area contributed by atoms with E-state index in [2.05, 4.69) is 28.8 Å². The van der Waals surface area contributed by atoms with Crippen LogP contribution in [0.4, 0.5) is 8.78 Å². The fraction of sp³-hybridized carbons (Fsp3) is 0.611. The summed E-state index contributed by atoms with van der Waals surface area (Å²) in [6, 6.07) is 4.34. The third-order valence-electron chi connectivity index (χ3n) is 4.40.